The minimum absolute atomic E-state index is 0.000965. The van der Waals surface area contributed by atoms with Crippen molar-refractivity contribution >= 4 is 22.6 Å². The van der Waals surface area contributed by atoms with Crippen LogP contribution in [0.25, 0.3) is 10.9 Å². The van der Waals surface area contributed by atoms with Crippen molar-refractivity contribution in [1.29, 1.82) is 0 Å². The summed E-state index contributed by atoms with van der Waals surface area (Å²) in [5.41, 5.74) is -0.553. The number of halogens is 1. The van der Waals surface area contributed by atoms with Crippen LogP contribution in [0.5, 0.6) is 5.75 Å². The van der Waals surface area contributed by atoms with Gasteiger partial charge in [-0.25, -0.2) is 9.18 Å². The van der Waals surface area contributed by atoms with Crippen molar-refractivity contribution in [3.63, 3.8) is 0 Å². The number of rotatable bonds is 4. The maximum atomic E-state index is 14.4. The SMILES string of the molecule is CNCNc1c(F)cc2c(=O)c(C(=O)O)cn3c2c1OC[C@@H]3C. The van der Waals surface area contributed by atoms with E-state index >= 15 is 0 Å². The van der Waals surface area contributed by atoms with Crippen LogP contribution in [0, 0.1) is 5.82 Å². The Labute approximate surface area is 130 Å². The van der Waals surface area contributed by atoms with Gasteiger partial charge in [0.15, 0.2) is 11.6 Å². The highest BCUT2D eigenvalue weighted by Gasteiger charge is 2.27. The molecule has 1 aliphatic rings. The Bertz CT molecular complexity index is 862. The number of anilines is 1. The molecule has 0 spiro atoms. The molecule has 23 heavy (non-hydrogen) atoms. The molecule has 0 saturated heterocycles. The van der Waals surface area contributed by atoms with E-state index in [0.29, 0.717) is 12.2 Å². The molecular weight excluding hydrogens is 305 g/mol. The number of ether oxygens (including phenoxy) is 1. The van der Waals surface area contributed by atoms with Gasteiger partial charge in [0.05, 0.1) is 23.6 Å². The molecular formula is C15H16FN3O4. The van der Waals surface area contributed by atoms with Crippen LogP contribution in [-0.4, -0.2) is 36.0 Å². The Hall–Kier alpha value is -2.61. The van der Waals surface area contributed by atoms with Gasteiger partial charge in [0.2, 0.25) is 5.43 Å². The summed E-state index contributed by atoms with van der Waals surface area (Å²) >= 11 is 0. The molecule has 0 unspecified atom stereocenters. The molecule has 1 atom stereocenters. The van der Waals surface area contributed by atoms with Gasteiger partial charge < -0.3 is 25.0 Å². The van der Waals surface area contributed by atoms with Gasteiger partial charge in [0.25, 0.3) is 0 Å². The largest absolute Gasteiger partial charge is 0.487 e. The molecule has 0 amide bonds. The quantitative estimate of drug-likeness (QED) is 0.737. The number of carboxylic acids is 1. The van der Waals surface area contributed by atoms with Gasteiger partial charge in [0, 0.05) is 6.20 Å². The summed E-state index contributed by atoms with van der Waals surface area (Å²) in [6, 6.07) is 0.884. The highest BCUT2D eigenvalue weighted by Crippen LogP contribution is 2.39. The summed E-state index contributed by atoms with van der Waals surface area (Å²) in [6.07, 6.45) is 1.30. The molecule has 2 heterocycles. The predicted molar refractivity (Wildman–Crippen MR) is 82.9 cm³/mol. The summed E-state index contributed by atoms with van der Waals surface area (Å²) in [5.74, 6) is -1.77. The maximum Gasteiger partial charge on any atom is 0.341 e. The third kappa shape index (κ3) is 2.31. The summed E-state index contributed by atoms with van der Waals surface area (Å²) in [7, 11) is 1.70. The normalized spacial score (nSPS) is 16.2. The van der Waals surface area contributed by atoms with Crippen molar-refractivity contribution in [3.8, 4) is 5.75 Å². The molecule has 122 valence electrons. The third-order valence-electron chi connectivity index (χ3n) is 3.84. The van der Waals surface area contributed by atoms with E-state index in [-0.39, 0.29) is 35.0 Å². The fourth-order valence-electron chi connectivity index (χ4n) is 2.72. The molecule has 7 nitrogen and oxygen atoms in total. The summed E-state index contributed by atoms with van der Waals surface area (Å²) in [6.45, 7) is 2.40. The first-order valence-corrected chi connectivity index (χ1v) is 7.11. The van der Waals surface area contributed by atoms with E-state index in [4.69, 9.17) is 4.74 Å². The van der Waals surface area contributed by atoms with Crippen molar-refractivity contribution < 1.29 is 19.0 Å². The number of hydrogen-bond donors (Lipinski definition) is 3. The van der Waals surface area contributed by atoms with Crippen LogP contribution in [0.1, 0.15) is 23.3 Å². The zero-order chi connectivity index (χ0) is 16.7. The standard InChI is InChI=1S/C15H16FN3O4/c1-7-5-23-14-11(18-6-17-2)10(16)3-8-12(14)19(7)4-9(13(8)20)15(21)22/h3-4,7,17-18H,5-6H2,1-2H3,(H,21,22)/t7-/m0/s1. The van der Waals surface area contributed by atoms with Gasteiger partial charge in [-0.1, -0.05) is 0 Å². The minimum Gasteiger partial charge on any atom is -0.487 e. The van der Waals surface area contributed by atoms with Crippen molar-refractivity contribution in [2.45, 2.75) is 13.0 Å². The van der Waals surface area contributed by atoms with Crippen LogP contribution in [0.3, 0.4) is 0 Å². The predicted octanol–water partition coefficient (Wildman–Crippen LogP) is 1.38. The Morgan fingerprint density at radius 2 is 2.30 bits per heavy atom. The molecule has 0 bridgehead atoms. The minimum atomic E-state index is -1.33. The number of pyridine rings is 1. The van der Waals surface area contributed by atoms with Gasteiger partial charge in [-0.2, -0.15) is 0 Å². The maximum absolute atomic E-state index is 14.4. The van der Waals surface area contributed by atoms with E-state index in [2.05, 4.69) is 10.6 Å². The number of nitrogens with zero attached hydrogens (tertiary/aromatic N) is 1. The fraction of sp³-hybridized carbons (Fsp3) is 0.333. The van der Waals surface area contributed by atoms with Crippen LogP contribution in [0.2, 0.25) is 0 Å². The van der Waals surface area contributed by atoms with E-state index < -0.39 is 17.2 Å². The first kappa shape index (κ1) is 15.3. The Morgan fingerprint density at radius 1 is 1.57 bits per heavy atom. The number of carbonyl (C=O) groups is 1. The third-order valence-corrected chi connectivity index (χ3v) is 3.84. The van der Waals surface area contributed by atoms with Gasteiger partial charge in [-0.15, -0.1) is 0 Å². The first-order chi connectivity index (χ1) is 11.0. The second-order valence-electron chi connectivity index (χ2n) is 5.41. The molecule has 3 rings (SSSR count). The van der Waals surface area contributed by atoms with Crippen LogP contribution in [0.4, 0.5) is 10.1 Å². The highest BCUT2D eigenvalue weighted by atomic mass is 19.1. The number of carboxylic acid groups (broad SMARTS) is 1. The number of aromatic carboxylic acids is 1. The molecule has 1 aromatic carbocycles. The fourth-order valence-corrected chi connectivity index (χ4v) is 2.72. The second-order valence-corrected chi connectivity index (χ2v) is 5.41. The lowest BCUT2D eigenvalue weighted by molar-refractivity contribution is 0.0694. The molecule has 1 aromatic heterocycles. The number of benzene rings is 1. The Kier molecular flexibility index (Phi) is 3.69. The molecule has 0 saturated carbocycles. The summed E-state index contributed by atoms with van der Waals surface area (Å²) < 4.78 is 21.7. The van der Waals surface area contributed by atoms with Crippen molar-refractivity contribution in [3.05, 3.63) is 33.9 Å². The molecule has 0 radical (unpaired) electrons. The van der Waals surface area contributed by atoms with E-state index in [1.807, 2.05) is 6.92 Å². The monoisotopic (exact) mass is 321 g/mol. The molecule has 3 N–H and O–H groups in total. The lowest BCUT2D eigenvalue weighted by Crippen LogP contribution is -2.28. The molecule has 0 aliphatic carbocycles. The topological polar surface area (TPSA) is 92.6 Å². The Morgan fingerprint density at radius 3 is 2.96 bits per heavy atom. The highest BCUT2D eigenvalue weighted by molar-refractivity contribution is 5.97. The lowest BCUT2D eigenvalue weighted by Gasteiger charge is -2.28. The second kappa shape index (κ2) is 5.54. The Balaban J connectivity index is 2.40. The van der Waals surface area contributed by atoms with Crippen LogP contribution in [0.15, 0.2) is 17.1 Å². The van der Waals surface area contributed by atoms with Gasteiger partial charge >= 0.3 is 5.97 Å². The van der Waals surface area contributed by atoms with E-state index in [9.17, 15) is 19.1 Å². The van der Waals surface area contributed by atoms with E-state index in [1.54, 1.807) is 11.6 Å². The number of nitrogens with one attached hydrogen (secondary N) is 2. The summed E-state index contributed by atoms with van der Waals surface area (Å²) in [5, 5.41) is 14.9. The zero-order valence-electron chi connectivity index (χ0n) is 12.6. The summed E-state index contributed by atoms with van der Waals surface area (Å²) in [4.78, 5) is 23.6. The molecule has 8 heteroatoms. The zero-order valence-corrected chi connectivity index (χ0v) is 12.6. The van der Waals surface area contributed by atoms with Crippen LogP contribution >= 0.6 is 0 Å². The number of hydrogen-bond acceptors (Lipinski definition) is 5. The van der Waals surface area contributed by atoms with Crippen LogP contribution in [-0.2, 0) is 0 Å². The average molecular weight is 321 g/mol. The van der Waals surface area contributed by atoms with Crippen molar-refractivity contribution in [2.75, 3.05) is 25.6 Å². The van der Waals surface area contributed by atoms with Crippen molar-refractivity contribution in [1.82, 2.24) is 9.88 Å². The molecule has 2 aromatic rings. The van der Waals surface area contributed by atoms with E-state index in [0.717, 1.165) is 6.07 Å². The van der Waals surface area contributed by atoms with Crippen LogP contribution < -0.4 is 20.8 Å². The molecule has 1 aliphatic heterocycles. The van der Waals surface area contributed by atoms with Gasteiger partial charge in [-0.05, 0) is 20.0 Å². The van der Waals surface area contributed by atoms with Gasteiger partial charge in [-0.3, -0.25) is 4.79 Å². The first-order valence-electron chi connectivity index (χ1n) is 7.11. The van der Waals surface area contributed by atoms with Gasteiger partial charge in [0.1, 0.15) is 17.9 Å². The van der Waals surface area contributed by atoms with Crippen molar-refractivity contribution in [2.24, 2.45) is 0 Å². The smallest absolute Gasteiger partial charge is 0.341 e. The molecule has 0 fully saturated rings. The lowest BCUT2D eigenvalue weighted by atomic mass is 10.1. The van der Waals surface area contributed by atoms with E-state index in [1.165, 1.54) is 6.20 Å². The number of aromatic nitrogens is 1. The average Bonchev–Trinajstić information content (AvgIpc) is 2.51.